The Morgan fingerprint density at radius 1 is 0.884 bits per heavy atom. The number of ether oxygens (including phenoxy) is 5. The van der Waals surface area contributed by atoms with Crippen molar-refractivity contribution < 1.29 is 43.5 Å². The fraction of sp³-hybridized carbons (Fsp3) is 0.235. The van der Waals surface area contributed by atoms with E-state index in [1.54, 1.807) is 63.8 Å². The van der Waals surface area contributed by atoms with E-state index in [9.17, 15) is 19.8 Å². The number of fused-ring (bicyclic) bond motifs is 5. The van der Waals surface area contributed by atoms with Crippen molar-refractivity contribution in [3.8, 4) is 28.7 Å². The maximum absolute atomic E-state index is 11.9. The summed E-state index contributed by atoms with van der Waals surface area (Å²) >= 11 is 0. The van der Waals surface area contributed by atoms with Gasteiger partial charge in [-0.15, -0.1) is 0 Å². The number of carbonyl (C=O) groups is 2. The summed E-state index contributed by atoms with van der Waals surface area (Å²) in [6.45, 7) is 3.78. The Morgan fingerprint density at radius 2 is 1.58 bits per heavy atom. The van der Waals surface area contributed by atoms with Gasteiger partial charge < -0.3 is 33.9 Å². The molecule has 2 heterocycles. The van der Waals surface area contributed by atoms with E-state index in [0.29, 0.717) is 45.4 Å². The number of aliphatic hydroxyl groups excluding tert-OH is 1. The van der Waals surface area contributed by atoms with Crippen LogP contribution in [0.3, 0.4) is 0 Å². The van der Waals surface area contributed by atoms with Gasteiger partial charge in [-0.2, -0.15) is 0 Å². The number of rotatable bonds is 5. The van der Waals surface area contributed by atoms with Gasteiger partial charge in [-0.25, -0.2) is 0 Å². The molecule has 3 aromatic carbocycles. The predicted molar refractivity (Wildman–Crippen MR) is 161 cm³/mol. The first-order valence-corrected chi connectivity index (χ1v) is 13.5. The second-order valence-corrected chi connectivity index (χ2v) is 10.4. The van der Waals surface area contributed by atoms with E-state index in [1.807, 2.05) is 38.1 Å². The normalized spacial score (nSPS) is 17.8. The Balaban J connectivity index is 0.000000181. The smallest absolute Gasteiger partial charge is 0.270 e. The van der Waals surface area contributed by atoms with Crippen molar-refractivity contribution in [2.75, 3.05) is 27.9 Å². The topological polar surface area (TPSA) is 121 Å². The molecule has 0 saturated carbocycles. The molecule has 0 saturated heterocycles. The van der Waals surface area contributed by atoms with Gasteiger partial charge in [0.05, 0.1) is 21.3 Å². The van der Waals surface area contributed by atoms with Crippen LogP contribution in [0.4, 0.5) is 0 Å². The Kier molecular flexibility index (Phi) is 8.02. The molecule has 222 valence electrons. The standard InChI is InChI=1S/C19H18O6.C15H14O3/c1-21-12-5-4-11-6-14-13-8-17(22-2)18(23-3)9-16(13)24-10-19(14,20)25-15(11)7-12;1-9(2)7-8-12-13(16)10-5-3-4-6-11(10)14(17)15(12)18/h4-9,20H,10H2,1-3H3;3-7,16H,8H2,1-2H3. The summed E-state index contributed by atoms with van der Waals surface area (Å²) in [5.41, 5.74) is 4.11. The van der Waals surface area contributed by atoms with Crippen LogP contribution in [0.25, 0.3) is 17.4 Å². The zero-order valence-corrected chi connectivity index (χ0v) is 24.5. The first kappa shape index (κ1) is 29.5. The molecule has 6 rings (SSSR count). The molecule has 0 amide bonds. The van der Waals surface area contributed by atoms with Gasteiger partial charge >= 0.3 is 0 Å². The summed E-state index contributed by atoms with van der Waals surface area (Å²) in [7, 11) is 4.71. The molecular formula is C34H32O9. The second-order valence-electron chi connectivity index (χ2n) is 10.4. The van der Waals surface area contributed by atoms with Gasteiger partial charge in [0, 0.05) is 45.5 Å². The summed E-state index contributed by atoms with van der Waals surface area (Å²) in [6.07, 6.45) is 4.00. The average Bonchev–Trinajstić information content (AvgIpc) is 3.01. The first-order chi connectivity index (χ1) is 20.6. The minimum Gasteiger partial charge on any atom is -0.507 e. The van der Waals surface area contributed by atoms with Crippen molar-refractivity contribution in [1.82, 2.24) is 0 Å². The first-order valence-electron chi connectivity index (χ1n) is 13.5. The summed E-state index contributed by atoms with van der Waals surface area (Å²) in [4.78, 5) is 23.8. The number of aliphatic hydroxyl groups is 2. The van der Waals surface area contributed by atoms with Crippen LogP contribution in [0.2, 0.25) is 0 Å². The van der Waals surface area contributed by atoms with Crippen molar-refractivity contribution >= 4 is 29.0 Å². The summed E-state index contributed by atoms with van der Waals surface area (Å²) in [5, 5.41) is 21.1. The van der Waals surface area contributed by atoms with Crippen LogP contribution < -0.4 is 23.7 Å². The zero-order chi connectivity index (χ0) is 30.9. The van der Waals surface area contributed by atoms with Crippen LogP contribution in [0.15, 0.2) is 71.8 Å². The van der Waals surface area contributed by atoms with Crippen molar-refractivity contribution in [3.63, 3.8) is 0 Å². The monoisotopic (exact) mass is 584 g/mol. The van der Waals surface area contributed by atoms with Crippen LogP contribution in [-0.4, -0.2) is 55.5 Å². The van der Waals surface area contributed by atoms with Crippen molar-refractivity contribution in [2.24, 2.45) is 0 Å². The Hall–Kier alpha value is -5.02. The molecule has 1 atom stereocenters. The number of hydrogen-bond acceptors (Lipinski definition) is 9. The highest BCUT2D eigenvalue weighted by Gasteiger charge is 2.44. The summed E-state index contributed by atoms with van der Waals surface area (Å²) in [5.74, 6) is 0.114. The van der Waals surface area contributed by atoms with Gasteiger partial charge in [-0.05, 0) is 44.5 Å². The molecule has 1 unspecified atom stereocenters. The summed E-state index contributed by atoms with van der Waals surface area (Å²) < 4.78 is 27.5. The van der Waals surface area contributed by atoms with Gasteiger partial charge in [0.1, 0.15) is 23.0 Å². The molecule has 0 fully saturated rings. The van der Waals surface area contributed by atoms with Gasteiger partial charge in [-0.3, -0.25) is 9.59 Å². The third-order valence-corrected chi connectivity index (χ3v) is 7.33. The number of Topliss-reactive ketones (excluding diaryl/α,β-unsaturated/α-hetero) is 2. The van der Waals surface area contributed by atoms with Gasteiger partial charge in [0.2, 0.25) is 11.6 Å². The Labute approximate surface area is 249 Å². The van der Waals surface area contributed by atoms with Gasteiger partial charge in [0.15, 0.2) is 18.1 Å². The molecule has 43 heavy (non-hydrogen) atoms. The molecule has 0 radical (unpaired) electrons. The fourth-order valence-corrected chi connectivity index (χ4v) is 5.03. The molecule has 1 aliphatic carbocycles. The quantitative estimate of drug-likeness (QED) is 0.283. The lowest BCUT2D eigenvalue weighted by Crippen LogP contribution is -2.47. The zero-order valence-electron chi connectivity index (χ0n) is 24.5. The van der Waals surface area contributed by atoms with Gasteiger partial charge in [-0.1, -0.05) is 35.9 Å². The molecular weight excluding hydrogens is 552 g/mol. The number of methoxy groups -OCH3 is 3. The minimum atomic E-state index is -1.58. The third kappa shape index (κ3) is 5.47. The molecule has 0 aromatic heterocycles. The molecule has 3 aliphatic rings. The number of carbonyl (C=O) groups excluding carboxylic acids is 2. The maximum Gasteiger partial charge on any atom is 0.270 e. The summed E-state index contributed by atoms with van der Waals surface area (Å²) in [6, 6.07) is 15.6. The van der Waals surface area contributed by atoms with E-state index in [0.717, 1.165) is 11.1 Å². The second kappa shape index (κ2) is 11.7. The highest BCUT2D eigenvalue weighted by Crippen LogP contribution is 2.49. The minimum absolute atomic E-state index is 0.0298. The maximum atomic E-state index is 11.9. The molecule has 0 bridgehead atoms. The molecule has 9 nitrogen and oxygen atoms in total. The van der Waals surface area contributed by atoms with E-state index in [2.05, 4.69) is 0 Å². The lowest BCUT2D eigenvalue weighted by atomic mass is 9.87. The van der Waals surface area contributed by atoms with E-state index in [-0.39, 0.29) is 29.9 Å². The van der Waals surface area contributed by atoms with Crippen molar-refractivity contribution in [1.29, 1.82) is 0 Å². The van der Waals surface area contributed by atoms with Gasteiger partial charge in [0.25, 0.3) is 5.79 Å². The molecule has 0 spiro atoms. The predicted octanol–water partition coefficient (Wildman–Crippen LogP) is 5.80. The van der Waals surface area contributed by atoms with Crippen LogP contribution in [0, 0.1) is 0 Å². The van der Waals surface area contributed by atoms with Crippen molar-refractivity contribution in [3.05, 3.63) is 94.1 Å². The lowest BCUT2D eigenvalue weighted by molar-refractivity contribution is -0.116. The Bertz CT molecular complexity index is 1710. The largest absolute Gasteiger partial charge is 0.507 e. The average molecular weight is 585 g/mol. The highest BCUT2D eigenvalue weighted by atomic mass is 16.7. The van der Waals surface area contributed by atoms with Crippen LogP contribution in [0.1, 0.15) is 47.3 Å². The van der Waals surface area contributed by atoms with Crippen LogP contribution >= 0.6 is 0 Å². The van der Waals surface area contributed by atoms with E-state index >= 15 is 0 Å². The Morgan fingerprint density at radius 3 is 2.26 bits per heavy atom. The van der Waals surface area contributed by atoms with E-state index < -0.39 is 17.4 Å². The number of allylic oxidation sites excluding steroid dienone is 3. The number of benzene rings is 3. The third-order valence-electron chi connectivity index (χ3n) is 7.33. The molecule has 2 aliphatic heterocycles. The molecule has 3 aromatic rings. The highest BCUT2D eigenvalue weighted by molar-refractivity contribution is 6.52. The van der Waals surface area contributed by atoms with E-state index in [1.165, 1.54) is 0 Å². The van der Waals surface area contributed by atoms with E-state index in [4.69, 9.17) is 23.7 Å². The fourth-order valence-electron chi connectivity index (χ4n) is 5.03. The number of ketones is 2. The molecule has 2 N–H and O–H groups in total. The SMILES string of the molecule is CC(C)=CCC1=C(O)c2ccccc2C(=O)C1=O.COc1ccc2c(c1)OC1(O)COc3cc(OC)c(OC)cc3C1=C2. The molecule has 9 heteroatoms. The van der Waals surface area contributed by atoms with Crippen LogP contribution in [-0.2, 0) is 4.79 Å². The van der Waals surface area contributed by atoms with Crippen LogP contribution in [0.5, 0.6) is 28.7 Å². The number of hydrogen-bond donors (Lipinski definition) is 2. The van der Waals surface area contributed by atoms with Crippen molar-refractivity contribution in [2.45, 2.75) is 26.1 Å². The lowest BCUT2D eigenvalue weighted by Gasteiger charge is -2.39.